The molecule has 7 heteroatoms. The topological polar surface area (TPSA) is 76.0 Å². The summed E-state index contributed by atoms with van der Waals surface area (Å²) in [6.45, 7) is 4.04. The highest BCUT2D eigenvalue weighted by Gasteiger charge is 2.19. The largest absolute Gasteiger partial charge is 0.358 e. The second kappa shape index (κ2) is 5.67. The second-order valence-corrected chi connectivity index (χ2v) is 3.80. The third-order valence-corrected chi connectivity index (χ3v) is 2.71. The molecule has 0 fully saturated rings. The van der Waals surface area contributed by atoms with E-state index in [9.17, 15) is 9.59 Å². The molecule has 0 bridgehead atoms. The lowest BCUT2D eigenvalue weighted by atomic mass is 10.3. The van der Waals surface area contributed by atoms with Crippen molar-refractivity contribution in [3.8, 4) is 0 Å². The van der Waals surface area contributed by atoms with Crippen LogP contribution in [0.3, 0.4) is 0 Å². The van der Waals surface area contributed by atoms with Gasteiger partial charge in [0.1, 0.15) is 5.69 Å². The summed E-state index contributed by atoms with van der Waals surface area (Å²) in [5, 5.41) is 9.33. The molecule has 0 saturated carbocycles. The van der Waals surface area contributed by atoms with Crippen LogP contribution in [0.15, 0.2) is 0 Å². The van der Waals surface area contributed by atoms with Gasteiger partial charge in [0, 0.05) is 13.6 Å². The van der Waals surface area contributed by atoms with Gasteiger partial charge < -0.3 is 10.6 Å². The molecule has 0 saturated heterocycles. The average molecular weight is 259 g/mol. The number of hydrogen-bond acceptors (Lipinski definition) is 3. The molecule has 1 rings (SSSR count). The molecule has 0 unspecified atom stereocenters. The predicted molar refractivity (Wildman–Crippen MR) is 64.0 cm³/mol. The molecule has 0 radical (unpaired) electrons. The first-order chi connectivity index (χ1) is 8.01. The van der Waals surface area contributed by atoms with Crippen LogP contribution in [0.1, 0.15) is 23.1 Å². The summed E-state index contributed by atoms with van der Waals surface area (Å²) in [5.74, 6) is -0.671. The Labute approximate surface area is 104 Å². The highest BCUT2D eigenvalue weighted by molar-refractivity contribution is 6.34. The van der Waals surface area contributed by atoms with Crippen LogP contribution >= 0.6 is 11.6 Å². The fourth-order valence-electron chi connectivity index (χ4n) is 1.34. The van der Waals surface area contributed by atoms with Gasteiger partial charge in [0.25, 0.3) is 5.91 Å². The predicted octanol–water partition coefficient (Wildman–Crippen LogP) is 0.341. The molecular weight excluding hydrogens is 244 g/mol. The van der Waals surface area contributed by atoms with E-state index >= 15 is 0 Å². The Bertz CT molecular complexity index is 442. The molecule has 0 aliphatic heterocycles. The summed E-state index contributed by atoms with van der Waals surface area (Å²) in [6.07, 6.45) is 0. The van der Waals surface area contributed by atoms with E-state index < -0.39 is 5.91 Å². The summed E-state index contributed by atoms with van der Waals surface area (Å²) in [5.41, 5.74) is 0.883. The molecule has 1 aromatic heterocycles. The smallest absolute Gasteiger partial charge is 0.271 e. The van der Waals surface area contributed by atoms with Crippen LogP contribution in [-0.2, 0) is 11.3 Å². The van der Waals surface area contributed by atoms with Gasteiger partial charge >= 0.3 is 0 Å². The van der Waals surface area contributed by atoms with Crippen molar-refractivity contribution in [3.05, 3.63) is 16.4 Å². The van der Waals surface area contributed by atoms with Crippen molar-refractivity contribution in [2.75, 3.05) is 13.6 Å². The first-order valence-corrected chi connectivity index (χ1v) is 5.60. The number of amides is 2. The van der Waals surface area contributed by atoms with Crippen LogP contribution in [0, 0.1) is 6.92 Å². The summed E-state index contributed by atoms with van der Waals surface area (Å²) in [6, 6.07) is 0. The van der Waals surface area contributed by atoms with Crippen LogP contribution in [0.2, 0.25) is 5.02 Å². The summed E-state index contributed by atoms with van der Waals surface area (Å²) in [7, 11) is 1.50. The minimum Gasteiger partial charge on any atom is -0.358 e. The van der Waals surface area contributed by atoms with Crippen LogP contribution in [0.25, 0.3) is 0 Å². The van der Waals surface area contributed by atoms with E-state index in [0.29, 0.717) is 17.3 Å². The molecule has 1 heterocycles. The number of nitrogens with zero attached hydrogens (tertiary/aromatic N) is 2. The van der Waals surface area contributed by atoms with Gasteiger partial charge in [-0.3, -0.25) is 14.3 Å². The standard InChI is InChI=1S/C10H15ClN4O2/c1-4-15-9(8(11)6(2)14-15)10(17)13-5-7(16)12-3/h4-5H2,1-3H3,(H,12,16)(H,13,17). The Morgan fingerprint density at radius 1 is 1.47 bits per heavy atom. The maximum atomic E-state index is 11.8. The van der Waals surface area contributed by atoms with Crippen LogP contribution in [0.5, 0.6) is 0 Å². The van der Waals surface area contributed by atoms with Gasteiger partial charge in [0.15, 0.2) is 0 Å². The average Bonchev–Trinajstić information content (AvgIpc) is 2.61. The third kappa shape index (κ3) is 2.97. The van der Waals surface area contributed by atoms with Crippen molar-refractivity contribution < 1.29 is 9.59 Å². The fraction of sp³-hybridized carbons (Fsp3) is 0.500. The fourth-order valence-corrected chi connectivity index (χ4v) is 1.56. The summed E-state index contributed by atoms with van der Waals surface area (Å²) < 4.78 is 1.51. The Morgan fingerprint density at radius 3 is 2.65 bits per heavy atom. The zero-order chi connectivity index (χ0) is 13.0. The normalized spacial score (nSPS) is 10.1. The van der Waals surface area contributed by atoms with E-state index in [1.54, 1.807) is 6.92 Å². The summed E-state index contributed by atoms with van der Waals surface area (Å²) >= 11 is 5.99. The number of aryl methyl sites for hydroxylation is 2. The lowest BCUT2D eigenvalue weighted by molar-refractivity contribution is -0.119. The molecule has 6 nitrogen and oxygen atoms in total. The van der Waals surface area contributed by atoms with E-state index in [1.165, 1.54) is 11.7 Å². The van der Waals surface area contributed by atoms with E-state index in [4.69, 9.17) is 11.6 Å². The van der Waals surface area contributed by atoms with Crippen LogP contribution in [0.4, 0.5) is 0 Å². The molecule has 1 aromatic rings. The third-order valence-electron chi connectivity index (χ3n) is 2.26. The number of carbonyl (C=O) groups excluding carboxylic acids is 2. The van der Waals surface area contributed by atoms with Gasteiger partial charge in [-0.25, -0.2) is 0 Å². The molecule has 0 aliphatic carbocycles. The molecule has 0 aromatic carbocycles. The van der Waals surface area contributed by atoms with E-state index in [-0.39, 0.29) is 18.1 Å². The Balaban J connectivity index is 2.85. The molecule has 0 atom stereocenters. The van der Waals surface area contributed by atoms with Gasteiger partial charge in [-0.1, -0.05) is 11.6 Å². The maximum absolute atomic E-state index is 11.8. The number of carbonyl (C=O) groups is 2. The van der Waals surface area contributed by atoms with Gasteiger partial charge in [-0.2, -0.15) is 5.10 Å². The highest BCUT2D eigenvalue weighted by atomic mass is 35.5. The first-order valence-electron chi connectivity index (χ1n) is 5.22. The summed E-state index contributed by atoms with van der Waals surface area (Å²) in [4.78, 5) is 22.9. The molecular formula is C10H15ClN4O2. The number of likely N-dealkylation sites (N-methyl/N-ethyl adjacent to an activating group) is 1. The first kappa shape index (κ1) is 13.5. The molecule has 0 spiro atoms. The number of halogens is 1. The number of rotatable bonds is 4. The van der Waals surface area contributed by atoms with Gasteiger partial charge in [-0.05, 0) is 13.8 Å². The number of nitrogens with one attached hydrogen (secondary N) is 2. The van der Waals surface area contributed by atoms with E-state index in [2.05, 4.69) is 15.7 Å². The molecule has 2 amide bonds. The van der Waals surface area contributed by atoms with E-state index in [1.807, 2.05) is 6.92 Å². The minimum absolute atomic E-state index is 0.0837. The van der Waals surface area contributed by atoms with Crippen LogP contribution in [-0.4, -0.2) is 35.2 Å². The lowest BCUT2D eigenvalue weighted by Crippen LogP contribution is -2.36. The van der Waals surface area contributed by atoms with Crippen molar-refractivity contribution in [2.24, 2.45) is 0 Å². The zero-order valence-electron chi connectivity index (χ0n) is 10.0. The SMILES string of the molecule is CCn1nc(C)c(Cl)c1C(=O)NCC(=O)NC. The monoisotopic (exact) mass is 258 g/mol. The maximum Gasteiger partial charge on any atom is 0.271 e. The molecule has 2 N–H and O–H groups in total. The van der Waals surface area contributed by atoms with Gasteiger partial charge in [-0.15, -0.1) is 0 Å². The Morgan fingerprint density at radius 2 is 2.12 bits per heavy atom. The van der Waals surface area contributed by atoms with Crippen molar-refractivity contribution in [1.82, 2.24) is 20.4 Å². The van der Waals surface area contributed by atoms with Gasteiger partial charge in [0.05, 0.1) is 17.3 Å². The van der Waals surface area contributed by atoms with Crippen molar-refractivity contribution in [2.45, 2.75) is 20.4 Å². The van der Waals surface area contributed by atoms with Gasteiger partial charge in [0.2, 0.25) is 5.91 Å². The zero-order valence-corrected chi connectivity index (χ0v) is 10.8. The molecule has 17 heavy (non-hydrogen) atoms. The van der Waals surface area contributed by atoms with Crippen molar-refractivity contribution in [1.29, 1.82) is 0 Å². The Kier molecular flexibility index (Phi) is 4.51. The highest BCUT2D eigenvalue weighted by Crippen LogP contribution is 2.19. The van der Waals surface area contributed by atoms with Crippen molar-refractivity contribution in [3.63, 3.8) is 0 Å². The number of aromatic nitrogens is 2. The second-order valence-electron chi connectivity index (χ2n) is 3.42. The molecule has 94 valence electrons. The quantitative estimate of drug-likeness (QED) is 0.818. The lowest BCUT2D eigenvalue weighted by Gasteiger charge is -2.06. The van der Waals surface area contributed by atoms with E-state index in [0.717, 1.165) is 0 Å². The Hall–Kier alpha value is -1.56. The number of hydrogen-bond donors (Lipinski definition) is 2. The molecule has 0 aliphatic rings. The van der Waals surface area contributed by atoms with Crippen molar-refractivity contribution >= 4 is 23.4 Å². The van der Waals surface area contributed by atoms with Crippen LogP contribution < -0.4 is 10.6 Å². The minimum atomic E-state index is -0.402.